The summed E-state index contributed by atoms with van der Waals surface area (Å²) in [7, 11) is 3.31. The summed E-state index contributed by atoms with van der Waals surface area (Å²) in [4.78, 5) is 28.3. The van der Waals surface area contributed by atoms with Gasteiger partial charge >= 0.3 is 5.97 Å². The Labute approximate surface area is 104 Å². The van der Waals surface area contributed by atoms with Crippen molar-refractivity contribution in [3.63, 3.8) is 0 Å². The van der Waals surface area contributed by atoms with Crippen molar-refractivity contribution in [1.29, 1.82) is 0 Å². The third-order valence-electron chi connectivity index (χ3n) is 2.67. The minimum atomic E-state index is -0.197. The fraction of sp³-hybridized carbons (Fsp3) is 0.455. The van der Waals surface area contributed by atoms with E-state index in [2.05, 4.69) is 24.7 Å². The second kappa shape index (κ2) is 5.44. The van der Waals surface area contributed by atoms with E-state index < -0.39 is 0 Å². The first-order valence-electron chi connectivity index (χ1n) is 5.64. The second-order valence-corrected chi connectivity index (χ2v) is 3.90. The Kier molecular flexibility index (Phi) is 3.71. The molecule has 2 aromatic heterocycles. The van der Waals surface area contributed by atoms with Gasteiger partial charge in [0.05, 0.1) is 13.4 Å². The van der Waals surface area contributed by atoms with Crippen LogP contribution in [0.2, 0.25) is 0 Å². The van der Waals surface area contributed by atoms with Crippen LogP contribution >= 0.6 is 0 Å². The molecule has 1 N–H and O–H groups in total. The molecule has 0 unspecified atom stereocenters. The molecule has 0 spiro atoms. The number of methoxy groups -OCH3 is 1. The summed E-state index contributed by atoms with van der Waals surface area (Å²) < 4.78 is 4.60. The van der Waals surface area contributed by atoms with Crippen LogP contribution in [0.25, 0.3) is 11.2 Å². The predicted octanol–water partition coefficient (Wildman–Crippen LogP) is 0.742. The molecule has 0 aliphatic heterocycles. The first-order valence-corrected chi connectivity index (χ1v) is 5.64. The van der Waals surface area contributed by atoms with Crippen molar-refractivity contribution in [3.8, 4) is 0 Å². The highest BCUT2D eigenvalue weighted by Crippen LogP contribution is 2.18. The largest absolute Gasteiger partial charge is 0.469 e. The van der Waals surface area contributed by atoms with Gasteiger partial charge in [-0.1, -0.05) is 0 Å². The maximum atomic E-state index is 11.0. The van der Waals surface area contributed by atoms with Crippen LogP contribution in [0.15, 0.2) is 12.7 Å². The zero-order valence-electron chi connectivity index (χ0n) is 10.4. The van der Waals surface area contributed by atoms with Crippen molar-refractivity contribution in [3.05, 3.63) is 12.7 Å². The topological polar surface area (TPSA) is 84.0 Å². The van der Waals surface area contributed by atoms with Gasteiger partial charge in [-0.15, -0.1) is 0 Å². The number of aromatic amines is 1. The van der Waals surface area contributed by atoms with Crippen LogP contribution in [-0.4, -0.2) is 46.6 Å². The van der Waals surface area contributed by atoms with Crippen molar-refractivity contribution >= 4 is 23.0 Å². The van der Waals surface area contributed by atoms with Gasteiger partial charge < -0.3 is 14.6 Å². The summed E-state index contributed by atoms with van der Waals surface area (Å²) in [5.74, 6) is 0.583. The molecule has 0 aromatic carbocycles. The predicted molar refractivity (Wildman–Crippen MR) is 66.2 cm³/mol. The first kappa shape index (κ1) is 12.3. The van der Waals surface area contributed by atoms with E-state index in [-0.39, 0.29) is 5.97 Å². The highest BCUT2D eigenvalue weighted by molar-refractivity contribution is 5.82. The van der Waals surface area contributed by atoms with Crippen molar-refractivity contribution in [2.24, 2.45) is 0 Å². The Bertz CT molecular complexity index is 539. The Hall–Kier alpha value is -2.18. The lowest BCUT2D eigenvalue weighted by atomic mass is 10.3. The molecule has 0 saturated heterocycles. The zero-order valence-corrected chi connectivity index (χ0v) is 10.4. The third-order valence-corrected chi connectivity index (χ3v) is 2.67. The number of aromatic nitrogens is 4. The Morgan fingerprint density at radius 3 is 3.06 bits per heavy atom. The summed E-state index contributed by atoms with van der Waals surface area (Å²) in [6, 6.07) is 0. The van der Waals surface area contributed by atoms with Crippen molar-refractivity contribution < 1.29 is 9.53 Å². The highest BCUT2D eigenvalue weighted by Gasteiger charge is 2.10. The van der Waals surface area contributed by atoms with Crippen LogP contribution in [0.1, 0.15) is 12.8 Å². The molecule has 0 aliphatic rings. The monoisotopic (exact) mass is 249 g/mol. The van der Waals surface area contributed by atoms with Gasteiger partial charge in [-0.05, 0) is 6.42 Å². The molecule has 0 fully saturated rings. The van der Waals surface area contributed by atoms with E-state index in [1.807, 2.05) is 11.9 Å². The molecule has 2 rings (SSSR count). The van der Waals surface area contributed by atoms with Crippen LogP contribution in [0, 0.1) is 0 Å². The van der Waals surface area contributed by atoms with E-state index in [1.165, 1.54) is 13.4 Å². The number of nitrogens with zero attached hydrogens (tertiary/aromatic N) is 4. The lowest BCUT2D eigenvalue weighted by Crippen LogP contribution is -2.21. The zero-order chi connectivity index (χ0) is 13.0. The molecule has 0 bridgehead atoms. The van der Waals surface area contributed by atoms with E-state index in [4.69, 9.17) is 0 Å². The lowest BCUT2D eigenvalue weighted by Gasteiger charge is -2.17. The molecule has 0 saturated carbocycles. The fourth-order valence-corrected chi connectivity index (χ4v) is 1.71. The number of H-pyrrole nitrogens is 1. The summed E-state index contributed by atoms with van der Waals surface area (Å²) in [5.41, 5.74) is 1.44. The molecular formula is C11H15N5O2. The van der Waals surface area contributed by atoms with Crippen LogP contribution in [-0.2, 0) is 9.53 Å². The van der Waals surface area contributed by atoms with Gasteiger partial charge in [0.15, 0.2) is 11.5 Å². The van der Waals surface area contributed by atoms with E-state index >= 15 is 0 Å². The maximum Gasteiger partial charge on any atom is 0.305 e. The number of ether oxygens (including phenoxy) is 1. The maximum absolute atomic E-state index is 11.0. The van der Waals surface area contributed by atoms with E-state index in [0.29, 0.717) is 25.0 Å². The molecule has 18 heavy (non-hydrogen) atoms. The quantitative estimate of drug-likeness (QED) is 0.787. The smallest absolute Gasteiger partial charge is 0.305 e. The normalized spacial score (nSPS) is 10.6. The van der Waals surface area contributed by atoms with Gasteiger partial charge in [-0.25, -0.2) is 15.0 Å². The van der Waals surface area contributed by atoms with E-state index in [0.717, 1.165) is 11.3 Å². The lowest BCUT2D eigenvalue weighted by molar-refractivity contribution is -0.140. The number of carbonyl (C=O) groups is 1. The number of fused-ring (bicyclic) bond motifs is 1. The summed E-state index contributed by atoms with van der Waals surface area (Å²) in [6.07, 6.45) is 4.18. The molecular weight excluding hydrogens is 234 g/mol. The summed E-state index contributed by atoms with van der Waals surface area (Å²) >= 11 is 0. The van der Waals surface area contributed by atoms with E-state index in [9.17, 15) is 4.79 Å². The van der Waals surface area contributed by atoms with Crippen molar-refractivity contribution in [2.45, 2.75) is 12.8 Å². The van der Waals surface area contributed by atoms with E-state index in [1.54, 1.807) is 6.33 Å². The SMILES string of the molecule is COC(=O)CCCN(C)c1ncnc2nc[nH]c12. The van der Waals surface area contributed by atoms with Gasteiger partial charge in [-0.3, -0.25) is 4.79 Å². The van der Waals surface area contributed by atoms with Crippen molar-refractivity contribution in [1.82, 2.24) is 19.9 Å². The number of hydrogen-bond donors (Lipinski definition) is 1. The highest BCUT2D eigenvalue weighted by atomic mass is 16.5. The standard InChI is InChI=1S/C11H15N5O2/c1-16(5-3-4-8(17)18-2)11-9-10(13-6-12-9)14-7-15-11/h6-7H,3-5H2,1-2H3,(H,12,13,14,15). The van der Waals surface area contributed by atoms with Crippen LogP contribution < -0.4 is 4.90 Å². The number of anilines is 1. The Balaban J connectivity index is 2.02. The molecule has 7 nitrogen and oxygen atoms in total. The molecule has 0 radical (unpaired) electrons. The number of hydrogen-bond acceptors (Lipinski definition) is 6. The number of imidazole rings is 1. The molecule has 2 heterocycles. The molecule has 0 amide bonds. The molecule has 7 heteroatoms. The number of esters is 1. The average Bonchev–Trinajstić information content (AvgIpc) is 2.86. The van der Waals surface area contributed by atoms with Crippen LogP contribution in [0.4, 0.5) is 5.82 Å². The molecule has 96 valence electrons. The van der Waals surface area contributed by atoms with Crippen LogP contribution in [0.5, 0.6) is 0 Å². The number of carbonyl (C=O) groups excluding carboxylic acids is 1. The summed E-state index contributed by atoms with van der Waals surface area (Å²) in [6.45, 7) is 0.709. The minimum Gasteiger partial charge on any atom is -0.469 e. The Morgan fingerprint density at radius 2 is 2.28 bits per heavy atom. The fourth-order valence-electron chi connectivity index (χ4n) is 1.71. The first-order chi connectivity index (χ1) is 8.72. The van der Waals surface area contributed by atoms with Crippen LogP contribution in [0.3, 0.4) is 0 Å². The summed E-state index contributed by atoms with van der Waals surface area (Å²) in [5, 5.41) is 0. The van der Waals surface area contributed by atoms with Gasteiger partial charge in [-0.2, -0.15) is 0 Å². The average molecular weight is 249 g/mol. The Morgan fingerprint density at radius 1 is 1.44 bits per heavy atom. The van der Waals surface area contributed by atoms with Gasteiger partial charge in [0.1, 0.15) is 11.8 Å². The molecule has 0 aliphatic carbocycles. The third kappa shape index (κ3) is 2.55. The minimum absolute atomic E-state index is 0.197. The van der Waals surface area contributed by atoms with Crippen molar-refractivity contribution in [2.75, 3.05) is 25.6 Å². The molecule has 0 atom stereocenters. The number of nitrogens with one attached hydrogen (secondary N) is 1. The second-order valence-electron chi connectivity index (χ2n) is 3.90. The number of rotatable bonds is 5. The van der Waals surface area contributed by atoms with Gasteiger partial charge in [0.25, 0.3) is 0 Å². The molecule has 2 aromatic rings. The van der Waals surface area contributed by atoms with Gasteiger partial charge in [0, 0.05) is 20.0 Å². The van der Waals surface area contributed by atoms with Gasteiger partial charge in [0.2, 0.25) is 0 Å².